The van der Waals surface area contributed by atoms with Crippen molar-refractivity contribution >= 4 is 5.71 Å². The summed E-state index contributed by atoms with van der Waals surface area (Å²) >= 11 is 0. The van der Waals surface area contributed by atoms with Gasteiger partial charge in [0.05, 0.1) is 19.8 Å². The fourth-order valence-electron chi connectivity index (χ4n) is 3.20. The van der Waals surface area contributed by atoms with Crippen LogP contribution in [0.2, 0.25) is 0 Å². The van der Waals surface area contributed by atoms with Gasteiger partial charge in [0, 0.05) is 12.1 Å². The number of ether oxygens (including phenoxy) is 2. The molecular weight excluding hydrogens is 333 g/mol. The average molecular weight is 351 g/mol. The number of hydrogen-bond acceptors (Lipinski definition) is 4. The van der Waals surface area contributed by atoms with E-state index in [1.807, 2.05) is 18.2 Å². The number of halogens is 1. The predicted octanol–water partition coefficient (Wildman–Crippen LogP) is 4.50. The van der Waals surface area contributed by atoms with Crippen molar-refractivity contribution in [1.82, 2.24) is 0 Å². The van der Waals surface area contributed by atoms with Gasteiger partial charge in [-0.15, -0.1) is 0 Å². The van der Waals surface area contributed by atoms with E-state index >= 15 is 0 Å². The van der Waals surface area contributed by atoms with E-state index < -0.39 is 0 Å². The first-order valence-electron chi connectivity index (χ1n) is 8.36. The molecule has 0 spiro atoms. The number of fused-ring (bicyclic) bond motifs is 1. The van der Waals surface area contributed by atoms with Crippen LogP contribution < -0.4 is 9.47 Å². The van der Waals surface area contributed by atoms with Crippen molar-refractivity contribution in [2.45, 2.75) is 6.42 Å². The lowest BCUT2D eigenvalue weighted by Crippen LogP contribution is -2.14. The largest absolute Gasteiger partial charge is 0.493 e. The number of furan rings is 1. The van der Waals surface area contributed by atoms with Crippen molar-refractivity contribution in [3.05, 3.63) is 71.2 Å². The number of rotatable bonds is 4. The highest BCUT2D eigenvalue weighted by Gasteiger charge is 2.22. The van der Waals surface area contributed by atoms with Gasteiger partial charge in [0.2, 0.25) is 0 Å². The highest BCUT2D eigenvalue weighted by atomic mass is 19.1. The van der Waals surface area contributed by atoms with E-state index in [2.05, 4.69) is 4.99 Å². The molecule has 0 bridgehead atoms. The number of nitrogens with zero attached hydrogens (tertiary/aromatic N) is 1. The van der Waals surface area contributed by atoms with E-state index in [4.69, 9.17) is 13.9 Å². The van der Waals surface area contributed by atoms with E-state index in [-0.39, 0.29) is 5.82 Å². The first-order valence-corrected chi connectivity index (χ1v) is 8.36. The van der Waals surface area contributed by atoms with Crippen LogP contribution in [0.15, 0.2) is 57.9 Å². The van der Waals surface area contributed by atoms with Crippen molar-refractivity contribution in [1.29, 1.82) is 0 Å². The molecule has 0 fully saturated rings. The number of hydrogen-bond donors (Lipinski definition) is 0. The molecule has 2 aromatic carbocycles. The van der Waals surface area contributed by atoms with Crippen LogP contribution >= 0.6 is 0 Å². The van der Waals surface area contributed by atoms with E-state index in [1.165, 1.54) is 6.07 Å². The molecule has 0 radical (unpaired) electrons. The minimum absolute atomic E-state index is 0.314. The molecule has 1 aromatic heterocycles. The molecule has 3 aromatic rings. The van der Waals surface area contributed by atoms with Gasteiger partial charge in [-0.2, -0.15) is 0 Å². The maximum absolute atomic E-state index is 14.0. The molecule has 0 unspecified atom stereocenters. The molecule has 2 heterocycles. The van der Waals surface area contributed by atoms with Crippen molar-refractivity contribution in [2.24, 2.45) is 4.99 Å². The Labute approximate surface area is 150 Å². The Bertz CT molecular complexity index is 991. The second kappa shape index (κ2) is 6.67. The molecule has 4 nitrogen and oxygen atoms in total. The van der Waals surface area contributed by atoms with Gasteiger partial charge in [0.15, 0.2) is 17.3 Å². The van der Waals surface area contributed by atoms with Crippen LogP contribution in [0, 0.1) is 5.82 Å². The first kappa shape index (κ1) is 16.4. The Morgan fingerprint density at radius 3 is 2.42 bits per heavy atom. The molecule has 0 aliphatic carbocycles. The van der Waals surface area contributed by atoms with Gasteiger partial charge in [0.1, 0.15) is 17.3 Å². The highest BCUT2D eigenvalue weighted by molar-refractivity contribution is 6.13. The van der Waals surface area contributed by atoms with Crippen LogP contribution in [0.4, 0.5) is 4.39 Å². The van der Waals surface area contributed by atoms with Gasteiger partial charge in [-0.3, -0.25) is 4.99 Å². The minimum atomic E-state index is -0.314. The Kier molecular flexibility index (Phi) is 4.21. The van der Waals surface area contributed by atoms with E-state index in [0.29, 0.717) is 35.1 Å². The average Bonchev–Trinajstić information content (AvgIpc) is 3.16. The zero-order chi connectivity index (χ0) is 18.1. The molecule has 0 saturated heterocycles. The van der Waals surface area contributed by atoms with Gasteiger partial charge >= 0.3 is 0 Å². The number of benzene rings is 2. The number of methoxy groups -OCH3 is 2. The Morgan fingerprint density at radius 2 is 1.65 bits per heavy atom. The smallest absolute Gasteiger partial charge is 0.161 e. The summed E-state index contributed by atoms with van der Waals surface area (Å²) in [5.74, 6) is 2.11. The van der Waals surface area contributed by atoms with Crippen LogP contribution in [-0.2, 0) is 6.42 Å². The van der Waals surface area contributed by atoms with Gasteiger partial charge in [-0.05, 0) is 48.4 Å². The molecule has 0 atom stereocenters. The molecule has 132 valence electrons. The SMILES string of the molecule is COc1cc2c(cc1OC)C(c1ccc(-c3ccccc3F)o1)=NCC2. The second-order valence-corrected chi connectivity index (χ2v) is 5.99. The van der Waals surface area contributed by atoms with Gasteiger partial charge in [0.25, 0.3) is 0 Å². The van der Waals surface area contributed by atoms with Gasteiger partial charge in [-0.25, -0.2) is 4.39 Å². The summed E-state index contributed by atoms with van der Waals surface area (Å²) < 4.78 is 30.8. The van der Waals surface area contributed by atoms with Crippen molar-refractivity contribution in [3.8, 4) is 22.8 Å². The molecule has 0 saturated carbocycles. The second-order valence-electron chi connectivity index (χ2n) is 5.99. The molecule has 0 amide bonds. The third-order valence-corrected chi connectivity index (χ3v) is 4.49. The van der Waals surface area contributed by atoms with Crippen molar-refractivity contribution in [3.63, 3.8) is 0 Å². The molecule has 4 rings (SSSR count). The van der Waals surface area contributed by atoms with Gasteiger partial charge in [-0.1, -0.05) is 12.1 Å². The lowest BCUT2D eigenvalue weighted by atomic mass is 9.95. The monoisotopic (exact) mass is 351 g/mol. The van der Waals surface area contributed by atoms with Crippen molar-refractivity contribution < 1.29 is 18.3 Å². The van der Waals surface area contributed by atoms with Gasteiger partial charge < -0.3 is 13.9 Å². The fraction of sp³-hybridized carbons (Fsp3) is 0.190. The quantitative estimate of drug-likeness (QED) is 0.695. The van der Waals surface area contributed by atoms with Crippen molar-refractivity contribution in [2.75, 3.05) is 20.8 Å². The summed E-state index contributed by atoms with van der Waals surface area (Å²) in [5.41, 5.74) is 3.25. The zero-order valence-electron chi connectivity index (χ0n) is 14.6. The molecular formula is C21H18FNO3. The maximum atomic E-state index is 14.0. The summed E-state index contributed by atoms with van der Waals surface area (Å²) in [7, 11) is 3.22. The standard InChI is InChI=1S/C21H18FNO3/c1-24-19-11-13-9-10-23-21(15(13)12-20(19)25-2)18-8-7-17(26-18)14-5-3-4-6-16(14)22/h3-8,11-12H,9-10H2,1-2H3. The molecule has 5 heteroatoms. The molecule has 1 aliphatic heterocycles. The number of aliphatic imine (C=N–C) groups is 1. The third-order valence-electron chi connectivity index (χ3n) is 4.49. The van der Waals surface area contributed by atoms with Crippen LogP contribution in [0.25, 0.3) is 11.3 Å². The van der Waals surface area contributed by atoms with Crippen LogP contribution in [0.1, 0.15) is 16.9 Å². The summed E-state index contributed by atoms with van der Waals surface area (Å²) in [6.07, 6.45) is 0.820. The summed E-state index contributed by atoms with van der Waals surface area (Å²) in [4.78, 5) is 4.63. The molecule has 26 heavy (non-hydrogen) atoms. The van der Waals surface area contributed by atoms with Crippen LogP contribution in [0.5, 0.6) is 11.5 Å². The zero-order valence-corrected chi connectivity index (χ0v) is 14.6. The van der Waals surface area contributed by atoms with E-state index in [9.17, 15) is 4.39 Å². The minimum Gasteiger partial charge on any atom is -0.493 e. The molecule has 1 aliphatic rings. The Balaban J connectivity index is 1.77. The lowest BCUT2D eigenvalue weighted by Gasteiger charge is -2.18. The fourth-order valence-corrected chi connectivity index (χ4v) is 3.20. The third kappa shape index (κ3) is 2.75. The summed E-state index contributed by atoms with van der Waals surface area (Å²) in [6, 6.07) is 14.0. The maximum Gasteiger partial charge on any atom is 0.161 e. The van der Waals surface area contributed by atoms with Crippen LogP contribution in [0.3, 0.4) is 0 Å². The highest BCUT2D eigenvalue weighted by Crippen LogP contribution is 2.34. The lowest BCUT2D eigenvalue weighted by molar-refractivity contribution is 0.354. The van der Waals surface area contributed by atoms with E-state index in [0.717, 1.165) is 23.3 Å². The Hall–Kier alpha value is -3.08. The first-order chi connectivity index (χ1) is 12.7. The normalized spacial score (nSPS) is 13.1. The Morgan fingerprint density at radius 1 is 0.923 bits per heavy atom. The predicted molar refractivity (Wildman–Crippen MR) is 97.9 cm³/mol. The summed E-state index contributed by atoms with van der Waals surface area (Å²) in [6.45, 7) is 0.660. The van der Waals surface area contributed by atoms with Crippen LogP contribution in [-0.4, -0.2) is 26.5 Å². The topological polar surface area (TPSA) is 44.0 Å². The van der Waals surface area contributed by atoms with E-state index in [1.54, 1.807) is 38.5 Å². The molecule has 0 N–H and O–H groups in total. The summed E-state index contributed by atoms with van der Waals surface area (Å²) in [5, 5.41) is 0.